The molecule has 164 valence electrons. The van der Waals surface area contributed by atoms with Gasteiger partial charge in [-0.3, -0.25) is 10.0 Å². The van der Waals surface area contributed by atoms with Crippen LogP contribution in [0, 0.1) is 29.1 Å². The van der Waals surface area contributed by atoms with Crippen LogP contribution >= 0.6 is 11.3 Å². The molecule has 31 heavy (non-hydrogen) atoms. The largest absolute Gasteiger partial charge is 0.395 e. The van der Waals surface area contributed by atoms with Crippen molar-refractivity contribution in [1.29, 1.82) is 0 Å². The van der Waals surface area contributed by atoms with Crippen LogP contribution in [0.4, 0.5) is 0 Å². The molecule has 0 spiro atoms. The van der Waals surface area contributed by atoms with Gasteiger partial charge in [0.2, 0.25) is 0 Å². The maximum absolute atomic E-state index is 12.1. The summed E-state index contributed by atoms with van der Waals surface area (Å²) in [6.45, 7) is 1.36. The number of aryl methyl sites for hydroxylation is 1. The minimum absolute atomic E-state index is 0.00704. The van der Waals surface area contributed by atoms with Crippen molar-refractivity contribution in [3.8, 4) is 23.7 Å². The zero-order chi connectivity index (χ0) is 22.7. The van der Waals surface area contributed by atoms with Crippen LogP contribution in [0.5, 0.6) is 0 Å². The number of benzene rings is 1. The summed E-state index contributed by atoms with van der Waals surface area (Å²) in [6, 6.07) is 5.57. The summed E-state index contributed by atoms with van der Waals surface area (Å²) < 4.78 is 23.3. The van der Waals surface area contributed by atoms with Crippen molar-refractivity contribution in [2.45, 2.75) is 43.8 Å². The van der Waals surface area contributed by atoms with E-state index >= 15 is 0 Å². The number of nitrogens with one attached hydrogen (secondary N) is 1. The number of hydroxylamine groups is 1. The summed E-state index contributed by atoms with van der Waals surface area (Å²) in [6.07, 6.45) is 4.14. The van der Waals surface area contributed by atoms with E-state index in [0.29, 0.717) is 5.01 Å². The molecular weight excluding hydrogens is 436 g/mol. The van der Waals surface area contributed by atoms with Gasteiger partial charge in [-0.25, -0.2) is 18.9 Å². The molecular formula is C22H24N2O5S2. The number of carbonyl (C=O) groups excluding carboxylic acids is 1. The quantitative estimate of drug-likeness (QED) is 0.345. The number of rotatable bonds is 6. The van der Waals surface area contributed by atoms with E-state index in [1.807, 2.05) is 18.2 Å². The Kier molecular flexibility index (Phi) is 6.73. The monoisotopic (exact) mass is 460 g/mol. The van der Waals surface area contributed by atoms with Gasteiger partial charge in [-0.15, -0.1) is 11.3 Å². The van der Waals surface area contributed by atoms with E-state index in [9.17, 15) is 18.3 Å². The lowest BCUT2D eigenvalue weighted by molar-refractivity contribution is -0.131. The number of aromatic nitrogens is 1. The highest BCUT2D eigenvalue weighted by Gasteiger charge is 2.43. The Balaban J connectivity index is 1.75. The molecule has 0 unspecified atom stereocenters. The highest BCUT2D eigenvalue weighted by Crippen LogP contribution is 2.39. The van der Waals surface area contributed by atoms with Gasteiger partial charge in [0.1, 0.15) is 4.75 Å². The number of aliphatic hydroxyl groups excluding tert-OH is 1. The highest BCUT2D eigenvalue weighted by molar-refractivity contribution is 7.92. The Labute approximate surface area is 185 Å². The molecule has 2 aromatic rings. The van der Waals surface area contributed by atoms with Crippen molar-refractivity contribution in [3.63, 3.8) is 0 Å². The van der Waals surface area contributed by atoms with E-state index < -0.39 is 20.5 Å². The van der Waals surface area contributed by atoms with Crippen LogP contribution in [-0.2, 0) is 21.1 Å². The first-order valence-corrected chi connectivity index (χ1v) is 12.5. The molecule has 7 nitrogen and oxygen atoms in total. The minimum atomic E-state index is -3.75. The summed E-state index contributed by atoms with van der Waals surface area (Å²) in [7, 11) is -3.75. The average Bonchev–Trinajstić information content (AvgIpc) is 3.11. The zero-order valence-electron chi connectivity index (χ0n) is 17.4. The van der Waals surface area contributed by atoms with Crippen molar-refractivity contribution in [3.05, 3.63) is 28.8 Å². The SMILES string of the molecule is C[C@@](CCc1nc2ccc(C#CC#CC3(CO)CCC3)cc2s1)(C(=O)NO)S(C)(=O)=O. The van der Waals surface area contributed by atoms with Gasteiger partial charge in [-0.05, 0) is 56.2 Å². The van der Waals surface area contributed by atoms with E-state index in [4.69, 9.17) is 5.21 Å². The molecule has 1 aromatic heterocycles. The minimum Gasteiger partial charge on any atom is -0.395 e. The number of amides is 1. The number of aliphatic hydroxyl groups is 1. The van der Waals surface area contributed by atoms with Gasteiger partial charge in [-0.2, -0.15) is 0 Å². The van der Waals surface area contributed by atoms with Crippen molar-refractivity contribution in [1.82, 2.24) is 10.5 Å². The molecule has 0 radical (unpaired) electrons. The molecule has 1 amide bonds. The number of nitrogens with zero attached hydrogens (tertiary/aromatic N) is 1. The van der Waals surface area contributed by atoms with E-state index in [1.165, 1.54) is 23.7 Å². The van der Waals surface area contributed by atoms with Crippen molar-refractivity contribution in [2.75, 3.05) is 12.9 Å². The van der Waals surface area contributed by atoms with Crippen molar-refractivity contribution in [2.24, 2.45) is 5.41 Å². The van der Waals surface area contributed by atoms with E-state index in [1.54, 1.807) is 0 Å². The second-order valence-corrected chi connectivity index (χ2v) is 11.6. The van der Waals surface area contributed by atoms with Crippen LogP contribution < -0.4 is 5.48 Å². The standard InChI is InChI=1S/C22H24N2O5S2/c1-21(20(26)24-27,31(2,28)29)13-9-19-23-17-8-7-16(14-18(17)30-19)6-3-4-10-22(15-25)11-5-12-22/h7-8,14,25,27H,5,9,11-13,15H2,1-2H3,(H,24,26)/t21-/m1/s1. The van der Waals surface area contributed by atoms with Gasteiger partial charge in [0.25, 0.3) is 5.91 Å². The lowest BCUT2D eigenvalue weighted by Crippen LogP contribution is -2.49. The first-order chi connectivity index (χ1) is 14.6. The summed E-state index contributed by atoms with van der Waals surface area (Å²) >= 11 is 1.40. The molecule has 3 N–H and O–H groups in total. The number of hydrogen-bond acceptors (Lipinski definition) is 7. The zero-order valence-corrected chi connectivity index (χ0v) is 19.0. The fraction of sp³-hybridized carbons (Fsp3) is 0.455. The lowest BCUT2D eigenvalue weighted by Gasteiger charge is -2.34. The molecule has 1 aliphatic rings. The summed E-state index contributed by atoms with van der Waals surface area (Å²) in [4.78, 5) is 16.5. The summed E-state index contributed by atoms with van der Waals surface area (Å²) in [5.74, 6) is 10.8. The van der Waals surface area contributed by atoms with Crippen LogP contribution in [0.3, 0.4) is 0 Å². The van der Waals surface area contributed by atoms with E-state index in [0.717, 1.165) is 41.3 Å². The van der Waals surface area contributed by atoms with E-state index in [-0.39, 0.29) is 24.9 Å². The third kappa shape index (κ3) is 4.91. The number of sulfone groups is 1. The van der Waals surface area contributed by atoms with Crippen LogP contribution in [-0.4, -0.2) is 47.2 Å². The maximum atomic E-state index is 12.1. The second-order valence-electron chi connectivity index (χ2n) is 8.03. The molecule has 3 rings (SSSR count). The predicted molar refractivity (Wildman–Crippen MR) is 119 cm³/mol. The molecule has 1 aliphatic carbocycles. The van der Waals surface area contributed by atoms with Crippen LogP contribution in [0.1, 0.15) is 43.2 Å². The van der Waals surface area contributed by atoms with Gasteiger partial charge in [0, 0.05) is 18.2 Å². The number of thiazole rings is 1. The normalized spacial score (nSPS) is 16.8. The summed E-state index contributed by atoms with van der Waals surface area (Å²) in [5.41, 5.74) is 2.72. The first-order valence-electron chi connectivity index (χ1n) is 9.80. The topological polar surface area (TPSA) is 117 Å². The molecule has 9 heteroatoms. The molecule has 1 atom stereocenters. The van der Waals surface area contributed by atoms with Crippen molar-refractivity contribution < 1.29 is 23.5 Å². The Bertz CT molecular complexity index is 1220. The smallest absolute Gasteiger partial charge is 0.264 e. The Morgan fingerprint density at radius 3 is 2.68 bits per heavy atom. The van der Waals surface area contributed by atoms with Gasteiger partial charge >= 0.3 is 0 Å². The maximum Gasteiger partial charge on any atom is 0.264 e. The molecule has 0 bridgehead atoms. The van der Waals surface area contributed by atoms with Crippen LogP contribution in [0.25, 0.3) is 10.2 Å². The van der Waals surface area contributed by atoms with Crippen LogP contribution in [0.2, 0.25) is 0 Å². The number of carbonyl (C=O) groups is 1. The average molecular weight is 461 g/mol. The highest BCUT2D eigenvalue weighted by atomic mass is 32.2. The third-order valence-electron chi connectivity index (χ3n) is 5.86. The second kappa shape index (κ2) is 8.97. The molecule has 0 aliphatic heterocycles. The first kappa shape index (κ1) is 23.2. The molecule has 0 saturated heterocycles. The van der Waals surface area contributed by atoms with Gasteiger partial charge < -0.3 is 5.11 Å². The Morgan fingerprint density at radius 2 is 2.10 bits per heavy atom. The fourth-order valence-electron chi connectivity index (χ4n) is 3.28. The molecule has 1 fully saturated rings. The lowest BCUT2D eigenvalue weighted by atomic mass is 9.70. The van der Waals surface area contributed by atoms with Gasteiger partial charge in [-0.1, -0.05) is 18.3 Å². The van der Waals surface area contributed by atoms with Gasteiger partial charge in [0.05, 0.1) is 27.2 Å². The van der Waals surface area contributed by atoms with Crippen LogP contribution in [0.15, 0.2) is 18.2 Å². The molecule has 1 saturated carbocycles. The summed E-state index contributed by atoms with van der Waals surface area (Å²) in [5, 5.41) is 19.1. The fourth-order valence-corrected chi connectivity index (χ4v) is 5.14. The van der Waals surface area contributed by atoms with Gasteiger partial charge in [0.15, 0.2) is 9.84 Å². The molecule has 1 aromatic carbocycles. The predicted octanol–water partition coefficient (Wildman–Crippen LogP) is 2.06. The van der Waals surface area contributed by atoms with E-state index in [2.05, 4.69) is 28.7 Å². The Hall–Kier alpha value is -2.43. The van der Waals surface area contributed by atoms with Crippen molar-refractivity contribution >= 4 is 37.3 Å². The number of hydrogen-bond donors (Lipinski definition) is 3. The Morgan fingerprint density at radius 1 is 1.35 bits per heavy atom. The third-order valence-corrected chi connectivity index (χ3v) is 8.96. The molecule has 1 heterocycles. The number of fused-ring (bicyclic) bond motifs is 1.